The number of carbonyl (C=O) groups is 2. The standard InChI is InChI=1S/C10H22O4.C8H14O4/c1-8(5-11)13-7-10(3)14-6-9(2)12-4;1-11-7(9)5-3-4-6-8(10)12-2/h8-11H,5-7H2,1-4H3;3-6H2,1-2H3. The molecule has 8 heteroatoms. The maximum absolute atomic E-state index is 10.6. The fraction of sp³-hybridized carbons (Fsp3) is 0.889. The molecule has 0 aliphatic carbocycles. The van der Waals surface area contributed by atoms with E-state index >= 15 is 0 Å². The topological polar surface area (TPSA) is 101 Å². The van der Waals surface area contributed by atoms with Crippen LogP contribution in [0.4, 0.5) is 0 Å². The van der Waals surface area contributed by atoms with Crippen molar-refractivity contribution in [1.29, 1.82) is 0 Å². The van der Waals surface area contributed by atoms with Gasteiger partial charge in [-0.25, -0.2) is 0 Å². The second kappa shape index (κ2) is 18.6. The highest BCUT2D eigenvalue weighted by molar-refractivity contribution is 5.70. The molecule has 0 amide bonds. The number of rotatable bonds is 13. The number of esters is 2. The van der Waals surface area contributed by atoms with Crippen molar-refractivity contribution in [2.24, 2.45) is 0 Å². The van der Waals surface area contributed by atoms with Gasteiger partial charge in [0.15, 0.2) is 0 Å². The van der Waals surface area contributed by atoms with E-state index in [9.17, 15) is 9.59 Å². The number of hydrogen-bond donors (Lipinski definition) is 1. The largest absolute Gasteiger partial charge is 0.469 e. The third-order valence-electron chi connectivity index (χ3n) is 3.36. The van der Waals surface area contributed by atoms with Crippen molar-refractivity contribution in [3.05, 3.63) is 0 Å². The first-order valence-electron chi connectivity index (χ1n) is 8.81. The van der Waals surface area contributed by atoms with Crippen LogP contribution in [0.3, 0.4) is 0 Å². The molecule has 0 aromatic heterocycles. The van der Waals surface area contributed by atoms with Crippen LogP contribution >= 0.6 is 0 Å². The van der Waals surface area contributed by atoms with E-state index in [1.165, 1.54) is 14.2 Å². The summed E-state index contributed by atoms with van der Waals surface area (Å²) in [7, 11) is 4.36. The van der Waals surface area contributed by atoms with Crippen molar-refractivity contribution in [2.45, 2.75) is 64.8 Å². The fourth-order valence-corrected chi connectivity index (χ4v) is 1.51. The van der Waals surface area contributed by atoms with Gasteiger partial charge in [0.25, 0.3) is 0 Å². The van der Waals surface area contributed by atoms with E-state index in [1.54, 1.807) is 7.11 Å². The summed E-state index contributed by atoms with van der Waals surface area (Å²) in [5.74, 6) is -0.472. The second-order valence-corrected chi connectivity index (χ2v) is 5.88. The van der Waals surface area contributed by atoms with E-state index in [1.807, 2.05) is 20.8 Å². The van der Waals surface area contributed by atoms with Crippen LogP contribution in [-0.4, -0.2) is 76.5 Å². The molecule has 0 rings (SSSR count). The number of carbonyl (C=O) groups excluding carboxylic acids is 2. The molecule has 8 nitrogen and oxygen atoms in total. The Hall–Kier alpha value is -1.22. The molecule has 26 heavy (non-hydrogen) atoms. The molecule has 1 N–H and O–H groups in total. The average Bonchev–Trinajstić information content (AvgIpc) is 2.67. The molecule has 3 atom stereocenters. The molecule has 156 valence electrons. The van der Waals surface area contributed by atoms with Crippen LogP contribution in [0.25, 0.3) is 0 Å². The second-order valence-electron chi connectivity index (χ2n) is 5.88. The Morgan fingerprint density at radius 1 is 0.769 bits per heavy atom. The summed E-state index contributed by atoms with van der Waals surface area (Å²) >= 11 is 0. The summed E-state index contributed by atoms with van der Waals surface area (Å²) in [5.41, 5.74) is 0. The van der Waals surface area contributed by atoms with Gasteiger partial charge in [0.05, 0.1) is 52.4 Å². The molecule has 0 spiro atoms. The van der Waals surface area contributed by atoms with Crippen molar-refractivity contribution >= 4 is 11.9 Å². The lowest BCUT2D eigenvalue weighted by molar-refractivity contribution is -0.142. The third kappa shape index (κ3) is 19.1. The zero-order valence-corrected chi connectivity index (χ0v) is 17.0. The van der Waals surface area contributed by atoms with Gasteiger partial charge < -0.3 is 28.8 Å². The van der Waals surface area contributed by atoms with Crippen LogP contribution in [0.15, 0.2) is 0 Å². The van der Waals surface area contributed by atoms with Crippen LogP contribution in [0, 0.1) is 0 Å². The summed E-state index contributed by atoms with van der Waals surface area (Å²) in [6.07, 6.45) is 2.08. The lowest BCUT2D eigenvalue weighted by atomic mass is 10.2. The van der Waals surface area contributed by atoms with Crippen molar-refractivity contribution in [3.8, 4) is 0 Å². The summed E-state index contributed by atoms with van der Waals surface area (Å²) in [6, 6.07) is 0. The fourth-order valence-electron chi connectivity index (χ4n) is 1.51. The maximum atomic E-state index is 10.6. The van der Waals surface area contributed by atoms with E-state index in [2.05, 4.69) is 9.47 Å². The Balaban J connectivity index is 0. The van der Waals surface area contributed by atoms with E-state index in [0.29, 0.717) is 38.9 Å². The van der Waals surface area contributed by atoms with Crippen molar-refractivity contribution < 1.29 is 38.4 Å². The summed E-state index contributed by atoms with van der Waals surface area (Å²) in [6.45, 7) is 6.81. The zero-order valence-electron chi connectivity index (χ0n) is 17.0. The van der Waals surface area contributed by atoms with Gasteiger partial charge in [-0.15, -0.1) is 0 Å². The Bertz CT molecular complexity index is 316. The number of ether oxygens (including phenoxy) is 5. The normalized spacial score (nSPS) is 13.8. The number of aliphatic hydroxyl groups is 1. The highest BCUT2D eigenvalue weighted by Crippen LogP contribution is 2.01. The van der Waals surface area contributed by atoms with Crippen molar-refractivity contribution in [2.75, 3.05) is 41.2 Å². The van der Waals surface area contributed by atoms with Gasteiger partial charge in [-0.2, -0.15) is 0 Å². The molecule has 0 aliphatic heterocycles. The van der Waals surface area contributed by atoms with Gasteiger partial charge in [0.2, 0.25) is 0 Å². The summed E-state index contributed by atoms with van der Waals surface area (Å²) in [5, 5.41) is 8.72. The lowest BCUT2D eigenvalue weighted by Gasteiger charge is -2.18. The lowest BCUT2D eigenvalue weighted by Crippen LogP contribution is -2.25. The molecule has 0 fully saturated rings. The van der Waals surface area contributed by atoms with Gasteiger partial charge in [-0.3, -0.25) is 9.59 Å². The van der Waals surface area contributed by atoms with E-state index < -0.39 is 0 Å². The van der Waals surface area contributed by atoms with E-state index in [0.717, 1.165) is 0 Å². The minimum absolute atomic E-state index is 0.0293. The van der Waals surface area contributed by atoms with E-state index in [-0.39, 0.29) is 36.9 Å². The predicted molar refractivity (Wildman–Crippen MR) is 96.9 cm³/mol. The first-order chi connectivity index (χ1) is 12.3. The summed E-state index contributed by atoms with van der Waals surface area (Å²) < 4.78 is 24.7. The molecule has 0 aromatic rings. The molecule has 0 saturated heterocycles. The number of aliphatic hydroxyl groups excluding tert-OH is 1. The zero-order chi connectivity index (χ0) is 20.4. The van der Waals surface area contributed by atoms with Gasteiger partial charge in [-0.05, 0) is 33.6 Å². The van der Waals surface area contributed by atoms with Crippen molar-refractivity contribution in [1.82, 2.24) is 0 Å². The van der Waals surface area contributed by atoms with Crippen molar-refractivity contribution in [3.63, 3.8) is 0 Å². The third-order valence-corrected chi connectivity index (χ3v) is 3.36. The first-order valence-corrected chi connectivity index (χ1v) is 8.81. The van der Waals surface area contributed by atoms with Gasteiger partial charge in [0, 0.05) is 20.0 Å². The van der Waals surface area contributed by atoms with Crippen LogP contribution in [-0.2, 0) is 33.3 Å². The Morgan fingerprint density at radius 2 is 1.19 bits per heavy atom. The highest BCUT2D eigenvalue weighted by atomic mass is 16.6. The molecule has 3 unspecified atom stereocenters. The number of hydrogen-bond acceptors (Lipinski definition) is 8. The Morgan fingerprint density at radius 3 is 1.58 bits per heavy atom. The van der Waals surface area contributed by atoms with Gasteiger partial charge in [0.1, 0.15) is 0 Å². The molecule has 0 aromatic carbocycles. The maximum Gasteiger partial charge on any atom is 0.305 e. The SMILES string of the molecule is COC(=O)CCCCC(=O)OC.COC(C)COC(C)COC(C)CO. The quantitative estimate of drug-likeness (QED) is 0.381. The van der Waals surface area contributed by atoms with Crippen LogP contribution < -0.4 is 0 Å². The highest BCUT2D eigenvalue weighted by Gasteiger charge is 2.08. The van der Waals surface area contributed by atoms with Gasteiger partial charge >= 0.3 is 11.9 Å². The molecular weight excluding hydrogens is 344 g/mol. The van der Waals surface area contributed by atoms with Crippen LogP contribution in [0.2, 0.25) is 0 Å². The molecule has 0 heterocycles. The van der Waals surface area contributed by atoms with Crippen LogP contribution in [0.5, 0.6) is 0 Å². The average molecular weight is 380 g/mol. The predicted octanol–water partition coefficient (Wildman–Crippen LogP) is 1.72. The molecule has 0 saturated carbocycles. The number of methoxy groups -OCH3 is 3. The van der Waals surface area contributed by atoms with Crippen LogP contribution in [0.1, 0.15) is 46.5 Å². The minimum Gasteiger partial charge on any atom is -0.469 e. The van der Waals surface area contributed by atoms with Gasteiger partial charge in [-0.1, -0.05) is 0 Å². The first kappa shape index (κ1) is 27.0. The number of unbranched alkanes of at least 4 members (excludes halogenated alkanes) is 1. The molecular formula is C18H36O8. The molecule has 0 aliphatic rings. The molecule has 0 radical (unpaired) electrons. The van der Waals surface area contributed by atoms with E-state index in [4.69, 9.17) is 19.3 Å². The summed E-state index contributed by atoms with van der Waals surface area (Å²) in [4.78, 5) is 21.2. The smallest absolute Gasteiger partial charge is 0.305 e. The Labute approximate surface area is 157 Å². The minimum atomic E-state index is -0.236. The monoisotopic (exact) mass is 380 g/mol. The molecule has 0 bridgehead atoms. The Kier molecular flexibility index (Phi) is 19.3.